The average molecular weight is 525 g/mol. The standard InChI is InChI=1S/C29H38F2N6O/c1-4-7-26(35-22-10-9-20-14-21(30)15-25(31)24(20)16-22)28(38)36-27-18-37(19-34-27)29(2,3)11-13-32-17-23-8-5-6-12-33-23/h5-6,8,12,14-15,18-19,22,26,32,35H,4,7,9-11,13,16-17H2,1-3H3,(H,36,38)/t22?,26-/m0/s1. The summed E-state index contributed by atoms with van der Waals surface area (Å²) in [6.07, 6.45) is 9.48. The highest BCUT2D eigenvalue weighted by Gasteiger charge is 2.27. The van der Waals surface area contributed by atoms with Gasteiger partial charge in [0.25, 0.3) is 0 Å². The number of rotatable bonds is 12. The molecule has 9 heteroatoms. The third-order valence-corrected chi connectivity index (χ3v) is 7.27. The van der Waals surface area contributed by atoms with Crippen LogP contribution in [0.4, 0.5) is 14.6 Å². The molecule has 0 aliphatic heterocycles. The number of carbonyl (C=O) groups is 1. The molecule has 1 aromatic carbocycles. The summed E-state index contributed by atoms with van der Waals surface area (Å²) >= 11 is 0. The second-order valence-electron chi connectivity index (χ2n) is 10.7. The van der Waals surface area contributed by atoms with Gasteiger partial charge in [0.05, 0.1) is 18.1 Å². The van der Waals surface area contributed by atoms with Gasteiger partial charge in [0.1, 0.15) is 11.6 Å². The molecule has 7 nitrogen and oxygen atoms in total. The van der Waals surface area contributed by atoms with Crippen LogP contribution >= 0.6 is 0 Å². The van der Waals surface area contributed by atoms with Crippen molar-refractivity contribution in [2.24, 2.45) is 0 Å². The quantitative estimate of drug-likeness (QED) is 0.299. The summed E-state index contributed by atoms with van der Waals surface area (Å²) in [6.45, 7) is 7.82. The average Bonchev–Trinajstić information content (AvgIpc) is 3.37. The van der Waals surface area contributed by atoms with Crippen molar-refractivity contribution in [2.45, 2.75) is 83.5 Å². The SMILES string of the molecule is CCC[C@H](NC1CCc2cc(F)cc(F)c2C1)C(=O)Nc1cn(C(C)(C)CCNCc2ccccn2)cn1. The Morgan fingerprint density at radius 1 is 1.24 bits per heavy atom. The van der Waals surface area contributed by atoms with Crippen molar-refractivity contribution >= 4 is 11.7 Å². The molecular weight excluding hydrogens is 486 g/mol. The molecule has 0 radical (unpaired) electrons. The lowest BCUT2D eigenvalue weighted by Crippen LogP contribution is -2.48. The summed E-state index contributed by atoms with van der Waals surface area (Å²) in [5.41, 5.74) is 2.07. The molecule has 3 N–H and O–H groups in total. The molecular formula is C29H38F2N6O. The summed E-state index contributed by atoms with van der Waals surface area (Å²) in [6, 6.07) is 7.75. The minimum Gasteiger partial charge on any atom is -0.330 e. The van der Waals surface area contributed by atoms with Crippen LogP contribution < -0.4 is 16.0 Å². The number of aromatic nitrogens is 3. The number of fused-ring (bicyclic) bond motifs is 1. The monoisotopic (exact) mass is 524 g/mol. The van der Waals surface area contributed by atoms with Crippen LogP contribution in [0.3, 0.4) is 0 Å². The van der Waals surface area contributed by atoms with E-state index in [9.17, 15) is 13.6 Å². The van der Waals surface area contributed by atoms with Crippen LogP contribution in [0.15, 0.2) is 49.1 Å². The molecule has 1 unspecified atom stereocenters. The molecule has 38 heavy (non-hydrogen) atoms. The number of benzene rings is 1. The van der Waals surface area contributed by atoms with Crippen molar-refractivity contribution in [2.75, 3.05) is 11.9 Å². The van der Waals surface area contributed by atoms with E-state index in [0.29, 0.717) is 37.2 Å². The molecule has 2 aromatic heterocycles. The van der Waals surface area contributed by atoms with E-state index in [0.717, 1.165) is 43.1 Å². The maximum atomic E-state index is 14.3. The number of aryl methyl sites for hydroxylation is 1. The predicted octanol–water partition coefficient (Wildman–Crippen LogP) is 4.73. The van der Waals surface area contributed by atoms with Crippen LogP contribution in [0.5, 0.6) is 0 Å². The number of hydrogen-bond donors (Lipinski definition) is 3. The maximum absolute atomic E-state index is 14.3. The van der Waals surface area contributed by atoms with Crippen LogP contribution in [0.1, 0.15) is 63.3 Å². The van der Waals surface area contributed by atoms with Crippen molar-refractivity contribution < 1.29 is 13.6 Å². The largest absolute Gasteiger partial charge is 0.330 e. The van der Waals surface area contributed by atoms with Gasteiger partial charge in [-0.1, -0.05) is 19.4 Å². The maximum Gasteiger partial charge on any atom is 0.242 e. The Kier molecular flexibility index (Phi) is 9.22. The normalized spacial score (nSPS) is 16.2. The van der Waals surface area contributed by atoms with Gasteiger partial charge in [-0.2, -0.15) is 0 Å². The number of anilines is 1. The number of imidazole rings is 1. The number of pyridine rings is 1. The van der Waals surface area contributed by atoms with E-state index in [2.05, 4.69) is 39.8 Å². The Labute approximate surface area is 223 Å². The highest BCUT2D eigenvalue weighted by Crippen LogP contribution is 2.26. The van der Waals surface area contributed by atoms with Gasteiger partial charge in [0, 0.05) is 36.6 Å². The van der Waals surface area contributed by atoms with Gasteiger partial charge < -0.3 is 20.5 Å². The van der Waals surface area contributed by atoms with Gasteiger partial charge in [-0.15, -0.1) is 0 Å². The molecule has 2 atom stereocenters. The second kappa shape index (κ2) is 12.6. The molecule has 1 aliphatic carbocycles. The van der Waals surface area contributed by atoms with Crippen molar-refractivity contribution in [3.63, 3.8) is 0 Å². The smallest absolute Gasteiger partial charge is 0.242 e. The summed E-state index contributed by atoms with van der Waals surface area (Å²) in [7, 11) is 0. The predicted molar refractivity (Wildman–Crippen MR) is 145 cm³/mol. The molecule has 3 aromatic rings. The van der Waals surface area contributed by atoms with Crippen LogP contribution in [0.25, 0.3) is 0 Å². The van der Waals surface area contributed by atoms with Gasteiger partial charge >= 0.3 is 0 Å². The van der Waals surface area contributed by atoms with Crippen molar-refractivity contribution in [1.29, 1.82) is 0 Å². The third kappa shape index (κ3) is 7.23. The van der Waals surface area contributed by atoms with Gasteiger partial charge in [-0.05, 0) is 81.8 Å². The molecule has 2 heterocycles. The van der Waals surface area contributed by atoms with E-state index < -0.39 is 17.7 Å². The number of halogens is 2. The third-order valence-electron chi connectivity index (χ3n) is 7.27. The van der Waals surface area contributed by atoms with E-state index in [4.69, 9.17) is 0 Å². The zero-order valence-electron chi connectivity index (χ0n) is 22.4. The lowest BCUT2D eigenvalue weighted by Gasteiger charge is -2.29. The first kappa shape index (κ1) is 27.9. The topological polar surface area (TPSA) is 83.9 Å². The van der Waals surface area contributed by atoms with Crippen molar-refractivity contribution in [3.05, 3.63) is 77.5 Å². The lowest BCUT2D eigenvalue weighted by molar-refractivity contribution is -0.118. The van der Waals surface area contributed by atoms with E-state index in [1.54, 1.807) is 12.5 Å². The zero-order valence-corrected chi connectivity index (χ0v) is 22.4. The Morgan fingerprint density at radius 2 is 2.08 bits per heavy atom. The molecule has 0 bridgehead atoms. The van der Waals surface area contributed by atoms with Gasteiger partial charge in [0.15, 0.2) is 5.82 Å². The number of hydrogen-bond acceptors (Lipinski definition) is 5. The van der Waals surface area contributed by atoms with E-state index in [1.165, 1.54) is 6.07 Å². The summed E-state index contributed by atoms with van der Waals surface area (Å²) in [5, 5.41) is 9.81. The van der Waals surface area contributed by atoms with E-state index in [-0.39, 0.29) is 17.5 Å². The lowest BCUT2D eigenvalue weighted by atomic mass is 9.87. The molecule has 4 rings (SSSR count). The molecule has 0 saturated heterocycles. The molecule has 1 aliphatic rings. The Hall–Kier alpha value is -3.17. The number of nitrogens with one attached hydrogen (secondary N) is 3. The van der Waals surface area contributed by atoms with Crippen LogP contribution in [0, 0.1) is 11.6 Å². The number of carbonyl (C=O) groups excluding carboxylic acids is 1. The van der Waals surface area contributed by atoms with E-state index >= 15 is 0 Å². The fourth-order valence-electron chi connectivity index (χ4n) is 4.97. The van der Waals surface area contributed by atoms with Gasteiger partial charge in [0.2, 0.25) is 5.91 Å². The number of nitrogens with zero attached hydrogens (tertiary/aromatic N) is 3. The number of amides is 1. The highest BCUT2D eigenvalue weighted by atomic mass is 19.1. The fraction of sp³-hybridized carbons (Fsp3) is 0.483. The second-order valence-corrected chi connectivity index (χ2v) is 10.7. The molecule has 1 amide bonds. The van der Waals surface area contributed by atoms with Gasteiger partial charge in [-0.3, -0.25) is 9.78 Å². The molecule has 0 spiro atoms. The van der Waals surface area contributed by atoms with Crippen LogP contribution in [-0.4, -0.2) is 39.1 Å². The van der Waals surface area contributed by atoms with Crippen molar-refractivity contribution in [1.82, 2.24) is 25.2 Å². The van der Waals surface area contributed by atoms with Crippen LogP contribution in [0.2, 0.25) is 0 Å². The highest BCUT2D eigenvalue weighted by molar-refractivity contribution is 5.94. The van der Waals surface area contributed by atoms with Gasteiger partial charge in [-0.25, -0.2) is 13.8 Å². The first-order chi connectivity index (χ1) is 18.2. The first-order valence-corrected chi connectivity index (χ1v) is 13.4. The molecule has 0 fully saturated rings. The van der Waals surface area contributed by atoms with E-state index in [1.807, 2.05) is 35.9 Å². The minimum atomic E-state index is -0.542. The summed E-state index contributed by atoms with van der Waals surface area (Å²) < 4.78 is 29.9. The Morgan fingerprint density at radius 3 is 2.84 bits per heavy atom. The van der Waals surface area contributed by atoms with Crippen LogP contribution in [-0.2, 0) is 29.7 Å². The van der Waals surface area contributed by atoms with Crippen molar-refractivity contribution in [3.8, 4) is 0 Å². The molecule has 204 valence electrons. The molecule has 0 saturated carbocycles. The Bertz CT molecular complexity index is 1210. The Balaban J connectivity index is 1.31. The minimum absolute atomic E-state index is 0.0557. The summed E-state index contributed by atoms with van der Waals surface area (Å²) in [5.74, 6) is -0.706. The zero-order chi connectivity index (χ0) is 27.1. The summed E-state index contributed by atoms with van der Waals surface area (Å²) in [4.78, 5) is 21.9. The first-order valence-electron chi connectivity index (χ1n) is 13.4. The fourth-order valence-corrected chi connectivity index (χ4v) is 4.97.